The van der Waals surface area contributed by atoms with Crippen molar-refractivity contribution in [3.05, 3.63) is 123 Å². The van der Waals surface area contributed by atoms with Gasteiger partial charge in [-0.05, 0) is 135 Å². The molecule has 2 spiro atoms. The number of phenols is 2. The van der Waals surface area contributed by atoms with Crippen LogP contribution >= 0.6 is 0 Å². The average molecular weight is 747 g/mol. The van der Waals surface area contributed by atoms with Gasteiger partial charge in [-0.15, -0.1) is 0 Å². The van der Waals surface area contributed by atoms with Gasteiger partial charge in [0.2, 0.25) is 0 Å². The zero-order valence-electron chi connectivity index (χ0n) is 31.9. The number of hydrogen-bond donors (Lipinski definition) is 2. The molecular weight excluding hydrogens is 698 g/mol. The second-order valence-corrected chi connectivity index (χ2v) is 20.1. The first-order chi connectivity index (χ1) is 24.2. The molecule has 0 radical (unpaired) electrons. The molecule has 0 fully saturated rings. The highest BCUT2D eigenvalue weighted by Crippen LogP contribution is 2.65. The van der Waals surface area contributed by atoms with Gasteiger partial charge in [0, 0.05) is 10.8 Å². The Bertz CT molecular complexity index is 2210. The molecule has 53 heavy (non-hydrogen) atoms. The maximum atomic E-state index is 12.8. The van der Waals surface area contributed by atoms with Crippen LogP contribution in [0.5, 0.6) is 17.2 Å². The number of halogens is 3. The fourth-order valence-electron chi connectivity index (χ4n) is 11.0. The van der Waals surface area contributed by atoms with Gasteiger partial charge in [-0.25, -0.2) is 0 Å². The third-order valence-electron chi connectivity index (χ3n) is 12.6. The summed E-state index contributed by atoms with van der Waals surface area (Å²) in [5, 5.41) is 20.2. The van der Waals surface area contributed by atoms with Crippen LogP contribution in [0.3, 0.4) is 0 Å². The molecule has 1 atom stereocenters. The van der Waals surface area contributed by atoms with Crippen molar-refractivity contribution in [3.8, 4) is 17.2 Å². The minimum atomic E-state index is -5.72. The lowest BCUT2D eigenvalue weighted by Gasteiger charge is -2.30. The lowest BCUT2D eigenvalue weighted by atomic mass is 9.72. The Morgan fingerprint density at radius 1 is 0.528 bits per heavy atom. The summed E-state index contributed by atoms with van der Waals surface area (Å²) in [5.74, 6) is 0.349. The highest BCUT2D eigenvalue weighted by atomic mass is 32.2. The van der Waals surface area contributed by atoms with E-state index in [2.05, 4.69) is 89.9 Å². The molecule has 4 aromatic rings. The zero-order chi connectivity index (χ0) is 38.9. The monoisotopic (exact) mass is 746 g/mol. The smallest absolute Gasteiger partial charge is 0.508 e. The van der Waals surface area contributed by atoms with Crippen LogP contribution in [0.25, 0.3) is 0 Å². The van der Waals surface area contributed by atoms with E-state index in [0.29, 0.717) is 11.5 Å². The van der Waals surface area contributed by atoms with Gasteiger partial charge < -0.3 is 14.4 Å². The highest BCUT2D eigenvalue weighted by molar-refractivity contribution is 7.88. The van der Waals surface area contributed by atoms with Gasteiger partial charge in [-0.1, -0.05) is 97.4 Å². The van der Waals surface area contributed by atoms with E-state index in [9.17, 15) is 31.8 Å². The molecule has 0 aromatic heterocycles. The molecule has 282 valence electrons. The average Bonchev–Trinajstić information content (AvgIpc) is 3.56. The number of aromatic hydroxyl groups is 2. The number of aryl methyl sites for hydroxylation is 1. The van der Waals surface area contributed by atoms with Crippen molar-refractivity contribution in [1.82, 2.24) is 0 Å². The first kappa shape index (κ1) is 37.3. The lowest BCUT2D eigenvalue weighted by Crippen LogP contribution is -2.28. The molecule has 0 saturated heterocycles. The van der Waals surface area contributed by atoms with Crippen LogP contribution in [0, 0.1) is 6.92 Å². The standard InChI is InChI=1S/C23H25F3O3S.C21H24O2/c1-14-6-8-16-18(10-14)22(12-20(16,2)3)13-21(4,5)17-9-7-15(11-19(17)22)29-30(27,28)23(24,25)26;1-19(2)11-21(17-9-13(22)5-7-15(17)19)12-20(3,4)16-8-6-14(23)10-18(16)21/h6-11H,12-13H2,1-5H3;5-10,22-23H,11-12H2,1-4H3. The molecule has 4 aliphatic rings. The topological polar surface area (TPSA) is 83.8 Å². The number of benzene rings is 4. The van der Waals surface area contributed by atoms with Crippen LogP contribution < -0.4 is 4.18 Å². The van der Waals surface area contributed by atoms with Crippen molar-refractivity contribution in [2.45, 2.75) is 126 Å². The Kier molecular flexibility index (Phi) is 7.95. The van der Waals surface area contributed by atoms with E-state index in [1.54, 1.807) is 18.2 Å². The maximum Gasteiger partial charge on any atom is 0.534 e. The predicted octanol–water partition coefficient (Wildman–Crippen LogP) is 10.6. The summed E-state index contributed by atoms with van der Waals surface area (Å²) in [6.45, 7) is 19.7. The SMILES string of the molecule is CC1(C)CC2(CC(C)(C)c3ccc(O)cc32)c2cc(O)ccc21.Cc1ccc2c(c1)C1(CC2(C)C)CC(C)(C)c2ccc(OS(=O)(=O)C(F)(F)F)cc21. The second kappa shape index (κ2) is 11.3. The molecule has 1 unspecified atom stereocenters. The van der Waals surface area contributed by atoms with Crippen molar-refractivity contribution < 1.29 is 36.0 Å². The molecule has 0 heterocycles. The number of alkyl halides is 3. The summed E-state index contributed by atoms with van der Waals surface area (Å²) >= 11 is 0. The van der Waals surface area contributed by atoms with Crippen LogP contribution in [-0.2, 0) is 42.6 Å². The van der Waals surface area contributed by atoms with E-state index >= 15 is 0 Å². The van der Waals surface area contributed by atoms with Gasteiger partial charge in [0.15, 0.2) is 0 Å². The van der Waals surface area contributed by atoms with Gasteiger partial charge in [-0.2, -0.15) is 21.6 Å². The summed E-state index contributed by atoms with van der Waals surface area (Å²) in [5.41, 5.74) is 4.33. The van der Waals surface area contributed by atoms with Crippen LogP contribution in [0.1, 0.15) is 131 Å². The van der Waals surface area contributed by atoms with Crippen molar-refractivity contribution in [3.63, 3.8) is 0 Å². The summed E-state index contributed by atoms with van der Waals surface area (Å²) in [7, 11) is -5.72. The molecule has 0 bridgehead atoms. The fraction of sp³-hybridized carbons (Fsp3) is 0.455. The Balaban J connectivity index is 0.000000170. The van der Waals surface area contributed by atoms with E-state index in [-0.39, 0.29) is 32.8 Å². The van der Waals surface area contributed by atoms with Crippen LogP contribution in [0.4, 0.5) is 13.2 Å². The highest BCUT2D eigenvalue weighted by Gasteiger charge is 2.58. The van der Waals surface area contributed by atoms with Crippen molar-refractivity contribution in [1.29, 1.82) is 0 Å². The summed E-state index contributed by atoms with van der Waals surface area (Å²) in [4.78, 5) is 0. The minimum Gasteiger partial charge on any atom is -0.508 e. The summed E-state index contributed by atoms with van der Waals surface area (Å²) < 4.78 is 66.1. The van der Waals surface area contributed by atoms with E-state index in [1.807, 2.05) is 19.1 Å². The van der Waals surface area contributed by atoms with Crippen LogP contribution in [0.15, 0.2) is 72.8 Å². The van der Waals surface area contributed by atoms with Gasteiger partial charge in [0.25, 0.3) is 0 Å². The summed E-state index contributed by atoms with van der Waals surface area (Å²) in [6.07, 6.45) is 3.62. The fourth-order valence-corrected chi connectivity index (χ4v) is 11.4. The lowest BCUT2D eigenvalue weighted by molar-refractivity contribution is -0.0500. The largest absolute Gasteiger partial charge is 0.534 e. The third kappa shape index (κ3) is 5.66. The molecule has 2 N–H and O–H groups in total. The van der Waals surface area contributed by atoms with E-state index in [1.165, 1.54) is 45.5 Å². The molecule has 0 amide bonds. The number of phenolic OH excluding ortho intramolecular Hbond substituents is 2. The van der Waals surface area contributed by atoms with Crippen molar-refractivity contribution >= 4 is 10.1 Å². The second-order valence-electron chi connectivity index (χ2n) is 18.6. The van der Waals surface area contributed by atoms with Crippen LogP contribution in [-0.4, -0.2) is 24.1 Å². The molecular formula is C44H49F3O5S. The van der Waals surface area contributed by atoms with Gasteiger partial charge in [0.05, 0.1) is 0 Å². The van der Waals surface area contributed by atoms with Crippen LogP contribution in [0.2, 0.25) is 0 Å². The molecule has 8 rings (SSSR count). The molecule has 9 heteroatoms. The summed E-state index contributed by atoms with van der Waals surface area (Å²) in [6, 6.07) is 22.5. The zero-order valence-corrected chi connectivity index (χ0v) is 32.7. The Morgan fingerprint density at radius 2 is 0.868 bits per heavy atom. The first-order valence-electron chi connectivity index (χ1n) is 18.2. The van der Waals surface area contributed by atoms with E-state index in [4.69, 9.17) is 0 Å². The predicted molar refractivity (Wildman–Crippen MR) is 202 cm³/mol. The quantitative estimate of drug-likeness (QED) is 0.158. The molecule has 4 aliphatic carbocycles. The Hall–Kier alpha value is -3.98. The number of hydrogen-bond acceptors (Lipinski definition) is 5. The Labute approximate surface area is 311 Å². The normalized spacial score (nSPS) is 23.2. The van der Waals surface area contributed by atoms with Gasteiger partial charge >= 0.3 is 15.6 Å². The van der Waals surface area contributed by atoms with E-state index < -0.39 is 21.0 Å². The first-order valence-corrected chi connectivity index (χ1v) is 19.6. The van der Waals surface area contributed by atoms with Gasteiger partial charge in [0.1, 0.15) is 17.2 Å². The minimum absolute atomic E-state index is 0.0617. The molecule has 5 nitrogen and oxygen atoms in total. The van der Waals surface area contributed by atoms with E-state index in [0.717, 1.165) is 42.4 Å². The van der Waals surface area contributed by atoms with Crippen molar-refractivity contribution in [2.75, 3.05) is 0 Å². The number of rotatable bonds is 2. The Morgan fingerprint density at radius 3 is 1.26 bits per heavy atom. The molecule has 0 aliphatic heterocycles. The number of fused-ring (bicyclic) bond motifs is 8. The molecule has 0 saturated carbocycles. The maximum absolute atomic E-state index is 12.8. The van der Waals surface area contributed by atoms with Gasteiger partial charge in [-0.3, -0.25) is 0 Å². The van der Waals surface area contributed by atoms with Crippen molar-refractivity contribution in [2.24, 2.45) is 0 Å². The third-order valence-corrected chi connectivity index (χ3v) is 13.6. The molecule has 4 aromatic carbocycles.